The first-order valence-electron chi connectivity index (χ1n) is 6.88. The number of hydrogen-bond acceptors (Lipinski definition) is 3. The van der Waals surface area contributed by atoms with Gasteiger partial charge < -0.3 is 9.88 Å². The molecule has 1 N–H and O–H groups in total. The predicted octanol–water partition coefficient (Wildman–Crippen LogP) is 3.49. The van der Waals surface area contributed by atoms with E-state index in [0.29, 0.717) is 4.90 Å². The zero-order valence-electron chi connectivity index (χ0n) is 11.8. The molecule has 0 saturated heterocycles. The topological polar surface area (TPSA) is 29.9 Å². The Morgan fingerprint density at radius 1 is 1.35 bits per heavy atom. The van der Waals surface area contributed by atoms with Gasteiger partial charge in [-0.25, -0.2) is 9.37 Å². The van der Waals surface area contributed by atoms with E-state index in [1.54, 1.807) is 6.07 Å². The van der Waals surface area contributed by atoms with E-state index in [2.05, 4.69) is 28.7 Å². The van der Waals surface area contributed by atoms with Crippen molar-refractivity contribution in [2.75, 3.05) is 12.3 Å². The monoisotopic (exact) mass is 293 g/mol. The molecule has 1 atom stereocenters. The van der Waals surface area contributed by atoms with E-state index in [0.717, 1.165) is 24.7 Å². The zero-order valence-corrected chi connectivity index (χ0v) is 12.7. The lowest BCUT2D eigenvalue weighted by atomic mass is 10.3. The first kappa shape index (κ1) is 15.1. The van der Waals surface area contributed by atoms with E-state index in [1.807, 2.05) is 24.5 Å². The van der Waals surface area contributed by atoms with Gasteiger partial charge in [0.15, 0.2) is 0 Å². The van der Waals surface area contributed by atoms with Crippen molar-refractivity contribution in [3.63, 3.8) is 0 Å². The molecular weight excluding hydrogens is 273 g/mol. The summed E-state index contributed by atoms with van der Waals surface area (Å²) >= 11 is 1.52. The number of nitrogens with one attached hydrogen (secondary N) is 1. The molecule has 0 aliphatic carbocycles. The molecule has 1 aromatic carbocycles. The summed E-state index contributed by atoms with van der Waals surface area (Å²) in [5.41, 5.74) is 0. The van der Waals surface area contributed by atoms with Gasteiger partial charge >= 0.3 is 0 Å². The fraction of sp³-hybridized carbons (Fsp3) is 0.400. The molecular formula is C15H20FN3S. The number of hydrogen-bond donors (Lipinski definition) is 1. The van der Waals surface area contributed by atoms with E-state index >= 15 is 0 Å². The average Bonchev–Trinajstić information content (AvgIpc) is 2.93. The Morgan fingerprint density at radius 2 is 2.15 bits per heavy atom. The van der Waals surface area contributed by atoms with Crippen LogP contribution in [0.2, 0.25) is 0 Å². The Kier molecular flexibility index (Phi) is 5.61. The maximum atomic E-state index is 13.7. The summed E-state index contributed by atoms with van der Waals surface area (Å²) in [6.07, 6.45) is 3.80. The molecule has 0 bridgehead atoms. The van der Waals surface area contributed by atoms with Crippen molar-refractivity contribution < 1.29 is 4.39 Å². The molecule has 1 heterocycles. The second-order valence-electron chi connectivity index (χ2n) is 4.42. The number of aromatic nitrogens is 2. The van der Waals surface area contributed by atoms with E-state index in [-0.39, 0.29) is 11.9 Å². The number of benzene rings is 1. The van der Waals surface area contributed by atoms with Crippen LogP contribution in [-0.2, 0) is 6.54 Å². The third-order valence-corrected chi connectivity index (χ3v) is 4.23. The number of nitrogens with zero attached hydrogens (tertiary/aromatic N) is 2. The molecule has 0 fully saturated rings. The van der Waals surface area contributed by atoms with E-state index < -0.39 is 0 Å². The highest BCUT2D eigenvalue weighted by molar-refractivity contribution is 7.99. The lowest BCUT2D eigenvalue weighted by Crippen LogP contribution is -2.26. The Bertz CT molecular complexity index is 541. The van der Waals surface area contributed by atoms with Crippen LogP contribution < -0.4 is 5.32 Å². The normalized spacial score (nSPS) is 12.6. The fourth-order valence-corrected chi connectivity index (χ4v) is 3.10. The summed E-state index contributed by atoms with van der Waals surface area (Å²) in [7, 11) is 0. The summed E-state index contributed by atoms with van der Waals surface area (Å²) in [5, 5.41) is 3.42. The van der Waals surface area contributed by atoms with Crippen molar-refractivity contribution in [2.45, 2.75) is 31.3 Å². The number of halogens is 1. The van der Waals surface area contributed by atoms with Gasteiger partial charge in [-0.2, -0.15) is 0 Å². The quantitative estimate of drug-likeness (QED) is 0.793. The molecule has 20 heavy (non-hydrogen) atoms. The number of thioether (sulfide) groups is 1. The lowest BCUT2D eigenvalue weighted by Gasteiger charge is -2.18. The highest BCUT2D eigenvalue weighted by Crippen LogP contribution is 2.26. The maximum Gasteiger partial charge on any atom is 0.136 e. The number of rotatable bonds is 7. The van der Waals surface area contributed by atoms with Crippen LogP contribution >= 0.6 is 11.8 Å². The number of imidazole rings is 1. The third-order valence-electron chi connectivity index (χ3n) is 3.09. The van der Waals surface area contributed by atoms with Crippen LogP contribution in [0.15, 0.2) is 41.6 Å². The van der Waals surface area contributed by atoms with Crippen LogP contribution in [0.25, 0.3) is 0 Å². The highest BCUT2D eigenvalue weighted by Gasteiger charge is 2.16. The molecule has 0 amide bonds. The minimum absolute atomic E-state index is 0.125. The van der Waals surface area contributed by atoms with Crippen molar-refractivity contribution in [2.24, 2.45) is 0 Å². The molecule has 108 valence electrons. The van der Waals surface area contributed by atoms with Crippen molar-refractivity contribution in [3.05, 3.63) is 48.3 Å². The van der Waals surface area contributed by atoms with Crippen LogP contribution in [-0.4, -0.2) is 21.8 Å². The van der Waals surface area contributed by atoms with Gasteiger partial charge in [-0.15, -0.1) is 11.8 Å². The van der Waals surface area contributed by atoms with Crippen LogP contribution in [0.5, 0.6) is 0 Å². The third kappa shape index (κ3) is 3.61. The van der Waals surface area contributed by atoms with Gasteiger partial charge in [0.2, 0.25) is 0 Å². The minimum atomic E-state index is -0.161. The molecule has 2 rings (SSSR count). The van der Waals surface area contributed by atoms with E-state index in [1.165, 1.54) is 17.8 Å². The Hall–Kier alpha value is -1.33. The van der Waals surface area contributed by atoms with E-state index in [4.69, 9.17) is 0 Å². The lowest BCUT2D eigenvalue weighted by molar-refractivity contribution is 0.538. The molecule has 1 aromatic heterocycles. The fourth-order valence-electron chi connectivity index (χ4n) is 2.10. The molecule has 0 aliphatic rings. The van der Waals surface area contributed by atoms with Gasteiger partial charge in [-0.1, -0.05) is 19.1 Å². The van der Waals surface area contributed by atoms with Gasteiger partial charge in [0.25, 0.3) is 0 Å². The summed E-state index contributed by atoms with van der Waals surface area (Å²) in [5.74, 6) is 1.61. The van der Waals surface area contributed by atoms with Crippen LogP contribution in [0, 0.1) is 5.82 Å². The summed E-state index contributed by atoms with van der Waals surface area (Å²) in [6.45, 7) is 5.92. The average molecular weight is 293 g/mol. The predicted molar refractivity (Wildman–Crippen MR) is 81.4 cm³/mol. The molecule has 3 nitrogen and oxygen atoms in total. The van der Waals surface area contributed by atoms with E-state index in [9.17, 15) is 4.39 Å². The van der Waals surface area contributed by atoms with Gasteiger partial charge in [-0.3, -0.25) is 0 Å². The summed E-state index contributed by atoms with van der Waals surface area (Å²) < 4.78 is 15.8. The molecule has 5 heteroatoms. The Balaban J connectivity index is 2.08. The summed E-state index contributed by atoms with van der Waals surface area (Å²) in [4.78, 5) is 5.12. The SMILES string of the molecule is CCNC(CSc1ccccc1F)c1nccn1CC. The first-order chi connectivity index (χ1) is 9.76. The maximum absolute atomic E-state index is 13.7. The first-order valence-corrected chi connectivity index (χ1v) is 7.86. The smallest absolute Gasteiger partial charge is 0.136 e. The van der Waals surface area contributed by atoms with Gasteiger partial charge in [0.1, 0.15) is 11.6 Å². The van der Waals surface area contributed by atoms with Crippen molar-refractivity contribution >= 4 is 11.8 Å². The van der Waals surface area contributed by atoms with Gasteiger partial charge in [-0.05, 0) is 25.6 Å². The van der Waals surface area contributed by atoms with Crippen molar-refractivity contribution in [1.29, 1.82) is 0 Å². The highest BCUT2D eigenvalue weighted by atomic mass is 32.2. The molecule has 0 aliphatic heterocycles. The van der Waals surface area contributed by atoms with Crippen LogP contribution in [0.4, 0.5) is 4.39 Å². The van der Waals surface area contributed by atoms with Gasteiger partial charge in [0, 0.05) is 29.6 Å². The molecule has 1 unspecified atom stereocenters. The summed E-state index contributed by atoms with van der Waals surface area (Å²) in [6, 6.07) is 7.01. The zero-order chi connectivity index (χ0) is 14.4. The van der Waals surface area contributed by atoms with Crippen LogP contribution in [0.3, 0.4) is 0 Å². The second kappa shape index (κ2) is 7.45. The van der Waals surface area contributed by atoms with Crippen molar-refractivity contribution in [3.8, 4) is 0 Å². The molecule has 0 spiro atoms. The Morgan fingerprint density at radius 3 is 2.85 bits per heavy atom. The standard InChI is InChI=1S/C15H20FN3S/c1-3-17-13(15-18-9-10-19(15)4-2)11-20-14-8-6-5-7-12(14)16/h5-10,13,17H,3-4,11H2,1-2H3. The van der Waals surface area contributed by atoms with Crippen LogP contribution in [0.1, 0.15) is 25.7 Å². The second-order valence-corrected chi connectivity index (χ2v) is 5.48. The largest absolute Gasteiger partial charge is 0.334 e. The Labute approximate surface area is 123 Å². The van der Waals surface area contributed by atoms with Gasteiger partial charge in [0.05, 0.1) is 6.04 Å². The van der Waals surface area contributed by atoms with Crippen molar-refractivity contribution in [1.82, 2.24) is 14.9 Å². The molecule has 2 aromatic rings. The molecule has 0 radical (unpaired) electrons. The molecule has 0 saturated carbocycles. The number of aryl methyl sites for hydroxylation is 1. The minimum Gasteiger partial charge on any atom is -0.334 e.